The number of nitrogens with zero attached hydrogens (tertiary/aromatic N) is 2. The van der Waals surface area contributed by atoms with Gasteiger partial charge in [-0.3, -0.25) is 14.9 Å². The van der Waals surface area contributed by atoms with Gasteiger partial charge in [-0.25, -0.2) is 0 Å². The van der Waals surface area contributed by atoms with Crippen molar-refractivity contribution < 1.29 is 9.72 Å². The highest BCUT2D eigenvalue weighted by atomic mass is 32.2. The number of amides is 1. The molecule has 0 aliphatic carbocycles. The minimum Gasteiger partial charge on any atom is -0.300 e. The fourth-order valence-electron chi connectivity index (χ4n) is 2.93. The quantitative estimate of drug-likeness (QED) is 0.441. The first-order chi connectivity index (χ1) is 11.1. The standard InChI is InChI=1S/C16H18N2O3S2/c1-3-12-14(19)17-13(16(22-4-2)23-15(12)17)9-10-5-7-11(8-6-10)18(20)21/h5-8,12,15H,3-4,9H2,1-2H3. The minimum atomic E-state index is -0.395. The van der Waals surface area contributed by atoms with Crippen LogP contribution >= 0.6 is 23.5 Å². The summed E-state index contributed by atoms with van der Waals surface area (Å²) in [6.07, 6.45) is 1.52. The maximum absolute atomic E-state index is 12.3. The van der Waals surface area contributed by atoms with E-state index in [0.717, 1.165) is 23.4 Å². The monoisotopic (exact) mass is 350 g/mol. The smallest absolute Gasteiger partial charge is 0.269 e. The molecule has 2 atom stereocenters. The molecule has 0 aromatic heterocycles. The van der Waals surface area contributed by atoms with E-state index < -0.39 is 4.92 Å². The van der Waals surface area contributed by atoms with Crippen LogP contribution in [0.5, 0.6) is 0 Å². The van der Waals surface area contributed by atoms with E-state index in [9.17, 15) is 14.9 Å². The Morgan fingerprint density at radius 1 is 1.30 bits per heavy atom. The van der Waals surface area contributed by atoms with Crippen LogP contribution in [0.25, 0.3) is 0 Å². The number of hydrogen-bond donors (Lipinski definition) is 0. The molecule has 0 saturated carbocycles. The van der Waals surface area contributed by atoms with Crippen molar-refractivity contribution in [3.05, 3.63) is 49.9 Å². The predicted molar refractivity (Wildman–Crippen MR) is 94.0 cm³/mol. The zero-order valence-electron chi connectivity index (χ0n) is 13.0. The molecule has 1 aromatic carbocycles. The summed E-state index contributed by atoms with van der Waals surface area (Å²) < 4.78 is 1.22. The summed E-state index contributed by atoms with van der Waals surface area (Å²) in [5, 5.41) is 11.0. The Bertz CT molecular complexity index is 672. The molecule has 23 heavy (non-hydrogen) atoms. The Labute approximate surface area is 143 Å². The van der Waals surface area contributed by atoms with Crippen molar-refractivity contribution in [1.29, 1.82) is 0 Å². The van der Waals surface area contributed by atoms with E-state index in [1.165, 1.54) is 16.4 Å². The highest BCUT2D eigenvalue weighted by molar-refractivity contribution is 8.22. The maximum Gasteiger partial charge on any atom is 0.269 e. The number of fused-ring (bicyclic) bond motifs is 1. The van der Waals surface area contributed by atoms with E-state index >= 15 is 0 Å². The molecule has 2 aliphatic heterocycles. The van der Waals surface area contributed by atoms with E-state index in [-0.39, 0.29) is 22.9 Å². The molecule has 0 N–H and O–H groups in total. The lowest BCUT2D eigenvalue weighted by molar-refractivity contribution is -0.384. The van der Waals surface area contributed by atoms with E-state index in [2.05, 4.69) is 13.8 Å². The second-order valence-corrected chi connectivity index (χ2v) is 8.16. The third kappa shape index (κ3) is 2.87. The second kappa shape index (κ2) is 6.57. The fourth-order valence-corrected chi connectivity index (χ4v) is 5.79. The molecule has 122 valence electrons. The van der Waals surface area contributed by atoms with Crippen LogP contribution in [0.3, 0.4) is 0 Å². The summed E-state index contributed by atoms with van der Waals surface area (Å²) in [7, 11) is 0. The van der Waals surface area contributed by atoms with Crippen LogP contribution in [0.15, 0.2) is 34.2 Å². The summed E-state index contributed by atoms with van der Waals surface area (Å²) in [5.74, 6) is 1.31. The Morgan fingerprint density at radius 3 is 2.57 bits per heavy atom. The van der Waals surface area contributed by atoms with E-state index in [0.29, 0.717) is 6.42 Å². The van der Waals surface area contributed by atoms with Gasteiger partial charge in [-0.2, -0.15) is 0 Å². The molecule has 1 fully saturated rings. The first kappa shape index (κ1) is 16.4. The number of rotatable bonds is 6. The number of benzene rings is 1. The number of hydrogen-bond acceptors (Lipinski definition) is 5. The van der Waals surface area contributed by atoms with Crippen LogP contribution in [0.1, 0.15) is 25.8 Å². The molecule has 1 saturated heterocycles. The normalized spacial score (nSPS) is 23.0. The lowest BCUT2D eigenvalue weighted by Crippen LogP contribution is -2.56. The summed E-state index contributed by atoms with van der Waals surface area (Å²) in [6, 6.07) is 6.60. The summed E-state index contributed by atoms with van der Waals surface area (Å²) in [5.41, 5.74) is 2.15. The van der Waals surface area contributed by atoms with Crippen molar-refractivity contribution in [2.75, 3.05) is 5.75 Å². The van der Waals surface area contributed by atoms with Crippen LogP contribution < -0.4 is 0 Å². The van der Waals surface area contributed by atoms with Gasteiger partial charge >= 0.3 is 0 Å². The minimum absolute atomic E-state index is 0.0932. The largest absolute Gasteiger partial charge is 0.300 e. The highest BCUT2D eigenvalue weighted by Gasteiger charge is 2.52. The molecule has 1 amide bonds. The van der Waals surface area contributed by atoms with E-state index in [1.54, 1.807) is 35.7 Å². The van der Waals surface area contributed by atoms with Gasteiger partial charge in [0.2, 0.25) is 5.91 Å². The highest BCUT2D eigenvalue weighted by Crippen LogP contribution is 2.54. The number of nitro benzene ring substituents is 1. The Balaban J connectivity index is 1.82. The second-order valence-electron chi connectivity index (χ2n) is 5.50. The molecule has 0 bridgehead atoms. The third-order valence-electron chi connectivity index (χ3n) is 4.14. The number of thioether (sulfide) groups is 2. The number of carbonyl (C=O) groups excluding carboxylic acids is 1. The molecule has 5 nitrogen and oxygen atoms in total. The van der Waals surface area contributed by atoms with Crippen LogP contribution in [0.2, 0.25) is 0 Å². The van der Waals surface area contributed by atoms with Crippen molar-refractivity contribution >= 4 is 35.1 Å². The predicted octanol–water partition coefficient (Wildman–Crippen LogP) is 4.00. The van der Waals surface area contributed by atoms with E-state index in [1.807, 2.05) is 4.90 Å². The van der Waals surface area contributed by atoms with Gasteiger partial charge in [-0.15, -0.1) is 11.8 Å². The molecule has 3 rings (SSSR count). The number of nitro groups is 1. The zero-order valence-corrected chi connectivity index (χ0v) is 14.7. The Kier molecular flexibility index (Phi) is 4.68. The van der Waals surface area contributed by atoms with Gasteiger partial charge in [0.1, 0.15) is 0 Å². The SMILES string of the molecule is CCSC1=C(Cc2ccc([N+](=O)[O-])cc2)N2C(=O)C(CC)C2S1. The first-order valence-corrected chi connectivity index (χ1v) is 9.52. The Morgan fingerprint density at radius 2 is 2.00 bits per heavy atom. The number of non-ortho nitro benzene ring substituents is 1. The molecule has 2 heterocycles. The summed E-state index contributed by atoms with van der Waals surface area (Å²) in [4.78, 5) is 24.6. The zero-order chi connectivity index (χ0) is 16.6. The molecular formula is C16H18N2O3S2. The van der Waals surface area contributed by atoms with Crippen molar-refractivity contribution in [2.45, 2.75) is 32.1 Å². The molecular weight excluding hydrogens is 332 g/mol. The van der Waals surface area contributed by atoms with Gasteiger partial charge in [0.15, 0.2) is 0 Å². The van der Waals surface area contributed by atoms with Crippen molar-refractivity contribution in [3.8, 4) is 0 Å². The summed E-state index contributed by atoms with van der Waals surface area (Å²) in [6.45, 7) is 4.16. The molecule has 0 spiro atoms. The topological polar surface area (TPSA) is 63.5 Å². The molecule has 2 unspecified atom stereocenters. The van der Waals surface area contributed by atoms with Gasteiger partial charge in [-0.1, -0.05) is 37.7 Å². The van der Waals surface area contributed by atoms with Gasteiger partial charge in [-0.05, 0) is 17.7 Å². The van der Waals surface area contributed by atoms with E-state index in [4.69, 9.17) is 0 Å². The number of allylic oxidation sites excluding steroid dienone is 1. The fraction of sp³-hybridized carbons (Fsp3) is 0.438. The van der Waals surface area contributed by atoms with Gasteiger partial charge in [0.25, 0.3) is 5.69 Å². The van der Waals surface area contributed by atoms with Crippen LogP contribution in [-0.4, -0.2) is 26.9 Å². The molecule has 7 heteroatoms. The van der Waals surface area contributed by atoms with Gasteiger partial charge in [0.05, 0.1) is 20.5 Å². The average molecular weight is 350 g/mol. The van der Waals surface area contributed by atoms with Crippen molar-refractivity contribution in [2.24, 2.45) is 5.92 Å². The number of β-lactam (4-membered cyclic amide) rings is 1. The van der Waals surface area contributed by atoms with Crippen LogP contribution in [0.4, 0.5) is 5.69 Å². The molecule has 0 radical (unpaired) electrons. The lowest BCUT2D eigenvalue weighted by atomic mass is 9.94. The van der Waals surface area contributed by atoms with Gasteiger partial charge in [0, 0.05) is 24.3 Å². The van der Waals surface area contributed by atoms with Crippen LogP contribution in [0, 0.1) is 16.0 Å². The summed E-state index contributed by atoms with van der Waals surface area (Å²) >= 11 is 3.57. The van der Waals surface area contributed by atoms with Crippen molar-refractivity contribution in [1.82, 2.24) is 4.90 Å². The maximum atomic E-state index is 12.3. The molecule has 1 aromatic rings. The lowest BCUT2D eigenvalue weighted by Gasteiger charge is -2.42. The number of carbonyl (C=O) groups is 1. The first-order valence-electron chi connectivity index (χ1n) is 7.65. The third-order valence-corrected chi connectivity index (χ3v) is 6.80. The average Bonchev–Trinajstić information content (AvgIpc) is 2.83. The van der Waals surface area contributed by atoms with Crippen molar-refractivity contribution in [3.63, 3.8) is 0 Å². The van der Waals surface area contributed by atoms with Gasteiger partial charge < -0.3 is 4.90 Å². The van der Waals surface area contributed by atoms with Crippen LogP contribution in [-0.2, 0) is 11.2 Å². The molecule has 2 aliphatic rings. The Hall–Kier alpha value is -1.47.